The van der Waals surface area contributed by atoms with Crippen LogP contribution in [-0.2, 0) is 6.54 Å². The molecule has 0 radical (unpaired) electrons. The van der Waals surface area contributed by atoms with Gasteiger partial charge in [-0.1, -0.05) is 57.0 Å². The predicted molar refractivity (Wildman–Crippen MR) is 78.0 cm³/mol. The van der Waals surface area contributed by atoms with Crippen molar-refractivity contribution in [1.82, 2.24) is 0 Å². The third kappa shape index (κ3) is 4.67. The van der Waals surface area contributed by atoms with Crippen LogP contribution in [0.15, 0.2) is 30.3 Å². The highest BCUT2D eigenvalue weighted by Crippen LogP contribution is 2.19. The molecule has 0 aliphatic rings. The summed E-state index contributed by atoms with van der Waals surface area (Å²) < 4.78 is 0.172. The minimum Gasteiger partial charge on any atom is -0.435 e. The van der Waals surface area contributed by atoms with E-state index in [4.69, 9.17) is 0 Å². The first-order valence-corrected chi connectivity index (χ1v) is 7.28. The standard InChI is InChI=1S/C16H25NO2/c1-3-5-12-17(16(18)19,13-6-4-2)14-15-10-8-7-9-11-15/h7-11H,3-6,12-14H2,1-2H3/p+1. The molecule has 0 spiro atoms. The van der Waals surface area contributed by atoms with Gasteiger partial charge in [-0.15, -0.1) is 0 Å². The van der Waals surface area contributed by atoms with Crippen molar-refractivity contribution >= 4 is 6.09 Å². The van der Waals surface area contributed by atoms with E-state index in [1.807, 2.05) is 30.3 Å². The second kappa shape index (κ2) is 7.95. The van der Waals surface area contributed by atoms with Crippen molar-refractivity contribution < 1.29 is 14.4 Å². The topological polar surface area (TPSA) is 37.3 Å². The molecule has 19 heavy (non-hydrogen) atoms. The summed E-state index contributed by atoms with van der Waals surface area (Å²) in [5.41, 5.74) is 1.11. The van der Waals surface area contributed by atoms with E-state index in [9.17, 15) is 9.90 Å². The van der Waals surface area contributed by atoms with Crippen LogP contribution in [0.4, 0.5) is 4.79 Å². The van der Waals surface area contributed by atoms with Crippen LogP contribution < -0.4 is 0 Å². The zero-order valence-corrected chi connectivity index (χ0v) is 12.1. The highest BCUT2D eigenvalue weighted by Gasteiger charge is 2.35. The lowest BCUT2D eigenvalue weighted by Gasteiger charge is -2.33. The Bertz CT molecular complexity index is 368. The smallest absolute Gasteiger partial charge is 0.435 e. The molecule has 0 unspecified atom stereocenters. The molecular formula is C16H26NO2+. The monoisotopic (exact) mass is 264 g/mol. The van der Waals surface area contributed by atoms with Gasteiger partial charge in [-0.2, -0.15) is 4.79 Å². The summed E-state index contributed by atoms with van der Waals surface area (Å²) in [7, 11) is 0. The first-order chi connectivity index (χ1) is 9.14. The van der Waals surface area contributed by atoms with Gasteiger partial charge >= 0.3 is 6.09 Å². The lowest BCUT2D eigenvalue weighted by Crippen LogP contribution is -2.52. The summed E-state index contributed by atoms with van der Waals surface area (Å²) in [5.74, 6) is 0. The number of carbonyl (C=O) groups is 1. The summed E-state index contributed by atoms with van der Waals surface area (Å²) in [6, 6.07) is 9.97. The van der Waals surface area contributed by atoms with Crippen molar-refractivity contribution in [2.24, 2.45) is 0 Å². The second-order valence-electron chi connectivity index (χ2n) is 5.23. The van der Waals surface area contributed by atoms with Gasteiger partial charge in [0.25, 0.3) is 0 Å². The summed E-state index contributed by atoms with van der Waals surface area (Å²) in [5, 5.41) is 9.71. The molecule has 1 N–H and O–H groups in total. The summed E-state index contributed by atoms with van der Waals surface area (Å²) in [6.45, 7) is 6.26. The number of benzene rings is 1. The summed E-state index contributed by atoms with van der Waals surface area (Å²) >= 11 is 0. The molecule has 0 atom stereocenters. The van der Waals surface area contributed by atoms with Crippen molar-refractivity contribution in [1.29, 1.82) is 0 Å². The van der Waals surface area contributed by atoms with Crippen LogP contribution in [0.25, 0.3) is 0 Å². The number of nitrogens with zero attached hydrogens (tertiary/aromatic N) is 1. The molecule has 0 fully saturated rings. The lowest BCUT2D eigenvalue weighted by atomic mass is 10.1. The Morgan fingerprint density at radius 1 is 1.05 bits per heavy atom. The summed E-state index contributed by atoms with van der Waals surface area (Å²) in [6.07, 6.45) is 3.31. The van der Waals surface area contributed by atoms with Gasteiger partial charge in [0.1, 0.15) is 6.54 Å². The molecule has 0 aliphatic carbocycles. The van der Waals surface area contributed by atoms with Crippen LogP contribution >= 0.6 is 0 Å². The van der Waals surface area contributed by atoms with Gasteiger partial charge in [0.15, 0.2) is 0 Å². The molecule has 0 aliphatic heterocycles. The average Bonchev–Trinajstić information content (AvgIpc) is 2.43. The van der Waals surface area contributed by atoms with E-state index in [0.29, 0.717) is 6.54 Å². The van der Waals surface area contributed by atoms with E-state index in [0.717, 1.165) is 44.3 Å². The fourth-order valence-corrected chi connectivity index (χ4v) is 2.38. The minimum atomic E-state index is -0.689. The van der Waals surface area contributed by atoms with Crippen LogP contribution in [0.2, 0.25) is 0 Å². The van der Waals surface area contributed by atoms with Gasteiger partial charge < -0.3 is 5.11 Å². The van der Waals surface area contributed by atoms with E-state index in [1.54, 1.807) is 0 Å². The van der Waals surface area contributed by atoms with E-state index in [2.05, 4.69) is 13.8 Å². The van der Waals surface area contributed by atoms with Crippen LogP contribution in [0, 0.1) is 0 Å². The van der Waals surface area contributed by atoms with Gasteiger partial charge in [-0.05, 0) is 12.8 Å². The molecule has 3 nitrogen and oxygen atoms in total. The minimum absolute atomic E-state index is 0.172. The zero-order chi connectivity index (χ0) is 14.1. The quantitative estimate of drug-likeness (QED) is 0.711. The SMILES string of the molecule is CCCC[N+](CCCC)(Cc1ccccc1)C(=O)O. The van der Waals surface area contributed by atoms with Crippen LogP contribution in [0.1, 0.15) is 45.1 Å². The Morgan fingerprint density at radius 2 is 1.58 bits per heavy atom. The third-order valence-electron chi connectivity index (χ3n) is 3.61. The predicted octanol–water partition coefficient (Wildman–Crippen LogP) is 4.28. The maximum Gasteiger partial charge on any atom is 0.513 e. The molecule has 0 aromatic heterocycles. The van der Waals surface area contributed by atoms with Crippen LogP contribution in [-0.4, -0.2) is 28.8 Å². The number of carboxylic acid groups (broad SMARTS) is 1. The maximum absolute atomic E-state index is 11.8. The van der Waals surface area contributed by atoms with Crippen LogP contribution in [0.3, 0.4) is 0 Å². The molecule has 106 valence electrons. The Balaban J connectivity index is 2.90. The second-order valence-corrected chi connectivity index (χ2v) is 5.23. The van der Waals surface area contributed by atoms with Crippen LogP contribution in [0.5, 0.6) is 0 Å². The van der Waals surface area contributed by atoms with E-state index >= 15 is 0 Å². The molecule has 0 heterocycles. The van der Waals surface area contributed by atoms with Crippen molar-refractivity contribution in [2.75, 3.05) is 13.1 Å². The fourth-order valence-electron chi connectivity index (χ4n) is 2.38. The molecule has 0 saturated heterocycles. The van der Waals surface area contributed by atoms with Crippen molar-refractivity contribution in [3.05, 3.63) is 35.9 Å². The number of rotatable bonds is 8. The van der Waals surface area contributed by atoms with E-state index in [-0.39, 0.29) is 4.48 Å². The largest absolute Gasteiger partial charge is 0.513 e. The molecule has 0 saturated carbocycles. The number of unbranched alkanes of at least 4 members (excludes halogenated alkanes) is 2. The third-order valence-corrected chi connectivity index (χ3v) is 3.61. The maximum atomic E-state index is 11.8. The van der Waals surface area contributed by atoms with Gasteiger partial charge in [-0.3, -0.25) is 0 Å². The Morgan fingerprint density at radius 3 is 2.00 bits per heavy atom. The van der Waals surface area contributed by atoms with Gasteiger partial charge in [0, 0.05) is 5.56 Å². The Labute approximate surface area is 116 Å². The van der Waals surface area contributed by atoms with Crippen molar-refractivity contribution in [3.63, 3.8) is 0 Å². The van der Waals surface area contributed by atoms with Crippen molar-refractivity contribution in [2.45, 2.75) is 46.1 Å². The first kappa shape index (κ1) is 15.7. The number of amides is 1. The van der Waals surface area contributed by atoms with Gasteiger partial charge in [0.2, 0.25) is 0 Å². The number of quaternary nitrogens is 1. The summed E-state index contributed by atoms with van der Waals surface area (Å²) in [4.78, 5) is 11.8. The van der Waals surface area contributed by atoms with E-state index in [1.165, 1.54) is 0 Å². The highest BCUT2D eigenvalue weighted by atomic mass is 16.4. The first-order valence-electron chi connectivity index (χ1n) is 7.28. The molecule has 1 rings (SSSR count). The Hall–Kier alpha value is -1.35. The normalized spacial score (nSPS) is 11.5. The average molecular weight is 264 g/mol. The molecule has 1 aromatic rings. The Kier molecular flexibility index (Phi) is 6.57. The fraction of sp³-hybridized carbons (Fsp3) is 0.562. The molecule has 0 bridgehead atoms. The zero-order valence-electron chi connectivity index (χ0n) is 12.1. The molecular weight excluding hydrogens is 238 g/mol. The molecule has 1 amide bonds. The molecule has 3 heteroatoms. The van der Waals surface area contributed by atoms with Gasteiger partial charge in [-0.25, -0.2) is 4.48 Å². The van der Waals surface area contributed by atoms with Crippen molar-refractivity contribution in [3.8, 4) is 0 Å². The number of hydrogen-bond donors (Lipinski definition) is 1. The van der Waals surface area contributed by atoms with E-state index < -0.39 is 6.09 Å². The van der Waals surface area contributed by atoms with Gasteiger partial charge in [0.05, 0.1) is 13.1 Å². The number of hydrogen-bond acceptors (Lipinski definition) is 1. The molecule has 1 aromatic carbocycles. The lowest BCUT2D eigenvalue weighted by molar-refractivity contribution is -0.871. The highest BCUT2D eigenvalue weighted by molar-refractivity contribution is 5.56.